The number of hydrogen-bond donors (Lipinski definition) is 2. The monoisotopic (exact) mass is 556 g/mol. The summed E-state index contributed by atoms with van der Waals surface area (Å²) in [5, 5.41) is 11.8. The van der Waals surface area contributed by atoms with E-state index in [0.29, 0.717) is 11.1 Å². The third-order valence-corrected chi connectivity index (χ3v) is 7.32. The first-order valence-corrected chi connectivity index (χ1v) is 11.4. The topological polar surface area (TPSA) is 130 Å². The molecular weight excluding hydrogens is 535 g/mol. The number of fused-ring (bicyclic) bond motifs is 2. The summed E-state index contributed by atoms with van der Waals surface area (Å²) in [6.07, 6.45) is 0.202. The summed E-state index contributed by atoms with van der Waals surface area (Å²) in [6, 6.07) is 14.3. The minimum Gasteiger partial charge on any atom is -1.00 e. The molecule has 3 aliphatic rings. The Labute approximate surface area is 260 Å². The second kappa shape index (κ2) is 12.2. The average molecular weight is 557 g/mol. The molecule has 9 nitrogen and oxygen atoms in total. The zero-order valence-electron chi connectivity index (χ0n) is 19.8. The van der Waals surface area contributed by atoms with Crippen molar-refractivity contribution in [3.8, 4) is 0 Å². The first-order chi connectivity index (χ1) is 16.1. The molecule has 36 heavy (non-hydrogen) atoms. The van der Waals surface area contributed by atoms with Crippen LogP contribution in [0.5, 0.6) is 0 Å². The zero-order chi connectivity index (χ0) is 24.6. The Kier molecular flexibility index (Phi) is 10.3. The number of ether oxygens (including phenoxy) is 1. The van der Waals surface area contributed by atoms with Gasteiger partial charge in [-0.05, 0) is 31.5 Å². The number of benzene rings is 2. The van der Waals surface area contributed by atoms with E-state index in [1.165, 1.54) is 16.7 Å². The molecule has 2 saturated heterocycles. The molecule has 0 spiro atoms. The van der Waals surface area contributed by atoms with Crippen LogP contribution in [0.1, 0.15) is 40.1 Å². The van der Waals surface area contributed by atoms with Gasteiger partial charge < -0.3 is 32.5 Å². The number of cyclic esters (lactones) is 2. The molecule has 2 N–H and O–H groups in total. The summed E-state index contributed by atoms with van der Waals surface area (Å²) < 4.78 is 3.78. The summed E-state index contributed by atoms with van der Waals surface area (Å²) in [4.78, 5) is 58.9. The molecule has 2 amide bonds. The fourth-order valence-corrected chi connectivity index (χ4v) is 5.81. The van der Waals surface area contributed by atoms with Gasteiger partial charge in [-0.1, -0.05) is 42.5 Å². The van der Waals surface area contributed by atoms with Crippen molar-refractivity contribution in [3.05, 3.63) is 71.3 Å². The summed E-state index contributed by atoms with van der Waals surface area (Å²) >= 11 is 1.42. The summed E-state index contributed by atoms with van der Waals surface area (Å²) in [6.45, 7) is 3.62. The number of hydrogen-bond acceptors (Lipinski definition) is 7. The molecule has 3 aliphatic heterocycles. The number of carbonyl (C=O) groups excluding carboxylic acids is 4. The van der Waals surface area contributed by atoms with Crippen molar-refractivity contribution < 1.29 is 97.6 Å². The van der Waals surface area contributed by atoms with E-state index in [9.17, 15) is 29.1 Å². The van der Waals surface area contributed by atoms with Crippen LogP contribution in [0.4, 0.5) is 0 Å². The van der Waals surface area contributed by atoms with Crippen LogP contribution in [-0.4, -0.2) is 61.9 Å². The average Bonchev–Trinajstić information content (AvgIpc) is 3.23. The van der Waals surface area contributed by atoms with Gasteiger partial charge in [0.25, 0.3) is 0 Å². The Balaban J connectivity index is 0.000000296. The molecule has 5 rings (SSSR count). The predicted octanol–water partition coefficient (Wildman–Crippen LogP) is -4.13. The van der Waals surface area contributed by atoms with Crippen molar-refractivity contribution in [2.24, 2.45) is 0 Å². The Morgan fingerprint density at radius 2 is 1.53 bits per heavy atom. The number of thioether (sulfide) groups is 1. The van der Waals surface area contributed by atoms with E-state index in [-0.39, 0.29) is 87.4 Å². The van der Waals surface area contributed by atoms with E-state index < -0.39 is 34.7 Å². The fraction of sp³-hybridized carbons (Fsp3) is 0.292. The number of nitrogens with zero attached hydrogens (tertiary/aromatic N) is 1. The molecule has 2 aromatic rings. The van der Waals surface area contributed by atoms with Crippen LogP contribution in [0.3, 0.4) is 0 Å². The van der Waals surface area contributed by atoms with Crippen LogP contribution in [-0.2, 0) is 25.5 Å². The van der Waals surface area contributed by atoms with E-state index in [2.05, 4.69) is 10.1 Å². The number of rotatable bonds is 4. The Morgan fingerprint density at radius 3 is 2.06 bits per heavy atom. The third-order valence-electron chi connectivity index (χ3n) is 5.75. The van der Waals surface area contributed by atoms with Gasteiger partial charge in [-0.25, -0.2) is 14.4 Å². The molecule has 12 heteroatoms. The van der Waals surface area contributed by atoms with Gasteiger partial charge in [0.05, 0.1) is 17.5 Å². The van der Waals surface area contributed by atoms with Gasteiger partial charge in [-0.15, -0.1) is 11.8 Å². The first-order valence-electron chi connectivity index (χ1n) is 10.5. The number of nitrogens with one attached hydrogen (secondary N) is 1. The molecule has 0 saturated carbocycles. The van der Waals surface area contributed by atoms with Crippen molar-refractivity contribution >= 4 is 41.5 Å². The van der Waals surface area contributed by atoms with Crippen LogP contribution in [0.2, 0.25) is 0 Å². The van der Waals surface area contributed by atoms with Gasteiger partial charge in [-0.3, -0.25) is 9.59 Å². The van der Waals surface area contributed by atoms with E-state index in [0.717, 1.165) is 5.56 Å². The molecule has 0 unspecified atom stereocenters. The Hall–Kier alpha value is -1.73. The van der Waals surface area contributed by atoms with Crippen molar-refractivity contribution in [2.45, 2.75) is 42.5 Å². The van der Waals surface area contributed by atoms with Gasteiger partial charge in [0, 0.05) is 4.75 Å². The predicted molar refractivity (Wildman–Crippen MR) is 122 cm³/mol. The minimum atomic E-state index is -1.01. The molecule has 3 atom stereocenters. The molecule has 184 valence electrons. The van der Waals surface area contributed by atoms with Crippen molar-refractivity contribution in [3.63, 3.8) is 0 Å². The molecule has 0 aliphatic carbocycles. The van der Waals surface area contributed by atoms with Crippen LogP contribution < -0.4 is 69.1 Å². The number of halogens is 1. The zero-order valence-corrected chi connectivity index (χ0v) is 24.5. The number of esters is 2. The van der Waals surface area contributed by atoms with Gasteiger partial charge >= 0.3 is 69.3 Å². The summed E-state index contributed by atoms with van der Waals surface area (Å²) in [5.74, 6) is -2.66. The second-order valence-electron chi connectivity index (χ2n) is 8.53. The fourth-order valence-electron chi connectivity index (χ4n) is 4.18. The van der Waals surface area contributed by atoms with Gasteiger partial charge in [0.2, 0.25) is 11.8 Å². The van der Waals surface area contributed by atoms with Crippen molar-refractivity contribution in [1.29, 1.82) is 0 Å². The van der Waals surface area contributed by atoms with Crippen LogP contribution in [0, 0.1) is 0 Å². The molecular formula is C24H22ClKN2O7S. The minimum absolute atomic E-state index is 0. The molecule has 2 fully saturated rings. The number of amides is 2. The molecule has 0 radical (unpaired) electrons. The molecule has 0 aromatic heterocycles. The second-order valence-corrected chi connectivity index (χ2v) is 10.3. The van der Waals surface area contributed by atoms with E-state index in [1.807, 2.05) is 44.2 Å². The van der Waals surface area contributed by atoms with Gasteiger partial charge in [0.1, 0.15) is 17.5 Å². The van der Waals surface area contributed by atoms with Crippen LogP contribution in [0.15, 0.2) is 54.6 Å². The maximum atomic E-state index is 12.3. The van der Waals surface area contributed by atoms with Crippen molar-refractivity contribution in [2.75, 3.05) is 0 Å². The largest absolute Gasteiger partial charge is 1.00 e. The molecule has 0 bridgehead atoms. The number of carboxylic acids is 1. The van der Waals surface area contributed by atoms with Crippen LogP contribution in [0.25, 0.3) is 0 Å². The molecule has 3 heterocycles. The smallest absolute Gasteiger partial charge is 1.00 e. The summed E-state index contributed by atoms with van der Waals surface area (Å²) in [7, 11) is 0. The third kappa shape index (κ3) is 6.04. The quantitative estimate of drug-likeness (QED) is 0.168. The molecule has 2 aromatic carbocycles. The van der Waals surface area contributed by atoms with E-state index in [4.69, 9.17) is 0 Å². The van der Waals surface area contributed by atoms with Crippen molar-refractivity contribution in [1.82, 2.24) is 10.2 Å². The Bertz CT molecular complexity index is 1160. The normalized spacial score (nSPS) is 22.3. The SMILES string of the molecule is CC1(C)S[C@@H]2[C@H](NC(=O)Cc3ccccc3)C(=O)N2[C@H]1C(=O)O.O=C1OC(=O)c2ccccc21.[Cl-].[K+]. The maximum absolute atomic E-state index is 12.3. The number of carboxylic acid groups (broad SMARTS) is 1. The summed E-state index contributed by atoms with van der Waals surface area (Å²) in [5.41, 5.74) is 1.59. The first kappa shape index (κ1) is 30.5. The van der Waals surface area contributed by atoms with E-state index in [1.54, 1.807) is 24.3 Å². The standard InChI is InChI=1S/C16H18N2O4S.C8H4O3.ClH.K/c1-16(2)12(15(21)22)18-13(20)11(14(18)23-16)17-10(19)8-9-6-4-3-5-7-9;9-7-5-3-1-2-4-6(5)8(10)11-7;;/h3-7,11-12,14H,8H2,1-2H3,(H,17,19)(H,21,22);1-4H;1H;/q;;;+1/p-1/t11-,12+,14-;;;/m1.../s1. The number of β-lactam (4-membered cyclic amide) rings is 1. The number of aliphatic carboxylic acids is 1. The van der Waals surface area contributed by atoms with Gasteiger partial charge in [-0.2, -0.15) is 0 Å². The Morgan fingerprint density at radius 1 is 1.00 bits per heavy atom. The maximum Gasteiger partial charge on any atom is 1.00 e. The van der Waals surface area contributed by atoms with E-state index >= 15 is 0 Å². The van der Waals surface area contributed by atoms with Gasteiger partial charge in [0.15, 0.2) is 0 Å². The number of carbonyl (C=O) groups is 5. The van der Waals surface area contributed by atoms with Crippen LogP contribution >= 0.6 is 11.8 Å².